The normalized spacial score (nSPS) is 10.8. The third-order valence-corrected chi connectivity index (χ3v) is 3.67. The van der Waals surface area contributed by atoms with Gasteiger partial charge in [-0.3, -0.25) is 4.79 Å². The first-order valence-corrected chi connectivity index (χ1v) is 6.99. The van der Waals surface area contributed by atoms with Crippen molar-refractivity contribution in [2.24, 2.45) is 0 Å². The molecular formula is C17H21NO2. The molecule has 1 aromatic carbocycles. The van der Waals surface area contributed by atoms with Crippen molar-refractivity contribution in [2.75, 3.05) is 0 Å². The van der Waals surface area contributed by atoms with Crippen molar-refractivity contribution in [3.63, 3.8) is 0 Å². The molecule has 1 heterocycles. The molecule has 3 heteroatoms. The highest BCUT2D eigenvalue weighted by Crippen LogP contribution is 2.22. The minimum atomic E-state index is -0.213. The van der Waals surface area contributed by atoms with Gasteiger partial charge in [-0.1, -0.05) is 19.1 Å². The molecule has 0 amide bonds. The lowest BCUT2D eigenvalue weighted by Gasteiger charge is -2.14. The van der Waals surface area contributed by atoms with Gasteiger partial charge in [-0.2, -0.15) is 0 Å². The van der Waals surface area contributed by atoms with Crippen LogP contribution in [0.2, 0.25) is 0 Å². The average molecular weight is 271 g/mol. The van der Waals surface area contributed by atoms with Gasteiger partial charge >= 0.3 is 0 Å². The van der Waals surface area contributed by atoms with E-state index in [9.17, 15) is 9.90 Å². The smallest absolute Gasteiger partial charge is 0.256 e. The van der Waals surface area contributed by atoms with Crippen molar-refractivity contribution >= 4 is 0 Å². The Bertz CT molecular complexity index is 671. The van der Waals surface area contributed by atoms with Gasteiger partial charge in [0.1, 0.15) is 0 Å². The summed E-state index contributed by atoms with van der Waals surface area (Å²) in [6.07, 6.45) is 0.882. The summed E-state index contributed by atoms with van der Waals surface area (Å²) < 4.78 is 1.76. The molecule has 1 aromatic heterocycles. The maximum absolute atomic E-state index is 12.3. The Morgan fingerprint density at radius 1 is 1.10 bits per heavy atom. The Hall–Kier alpha value is -1.87. The number of aryl methyl sites for hydroxylation is 2. The Morgan fingerprint density at radius 2 is 1.85 bits per heavy atom. The predicted octanol–water partition coefficient (Wildman–Crippen LogP) is 3.03. The van der Waals surface area contributed by atoms with Crippen molar-refractivity contribution in [1.29, 1.82) is 0 Å². The summed E-state index contributed by atoms with van der Waals surface area (Å²) in [6, 6.07) is 9.87. The predicted molar refractivity (Wildman–Crippen MR) is 81.8 cm³/mol. The summed E-state index contributed by atoms with van der Waals surface area (Å²) in [5.74, 6) is 0. The zero-order valence-corrected chi connectivity index (χ0v) is 12.3. The molecule has 0 radical (unpaired) electrons. The fraction of sp³-hybridized carbons (Fsp3) is 0.353. The molecule has 0 aliphatic heterocycles. The molecule has 0 saturated carbocycles. The Labute approximate surface area is 119 Å². The largest absolute Gasteiger partial charge is 0.391 e. The van der Waals surface area contributed by atoms with E-state index < -0.39 is 0 Å². The minimum absolute atomic E-state index is 0.0925. The second-order valence-corrected chi connectivity index (χ2v) is 5.16. The molecular weight excluding hydrogens is 250 g/mol. The molecule has 3 nitrogen and oxygen atoms in total. The number of benzene rings is 1. The highest BCUT2D eigenvalue weighted by Gasteiger charge is 2.10. The van der Waals surface area contributed by atoms with Gasteiger partial charge in [0.25, 0.3) is 5.56 Å². The zero-order valence-electron chi connectivity index (χ0n) is 12.3. The summed E-state index contributed by atoms with van der Waals surface area (Å²) in [6.45, 7) is 6.64. The van der Waals surface area contributed by atoms with Gasteiger partial charge in [-0.15, -0.1) is 0 Å². The SMILES string of the molecule is CCCn1c(-c2ccc(C)c(C)c2)ccc(CO)c1=O. The minimum Gasteiger partial charge on any atom is -0.391 e. The summed E-state index contributed by atoms with van der Waals surface area (Å²) >= 11 is 0. The maximum Gasteiger partial charge on any atom is 0.256 e. The maximum atomic E-state index is 12.3. The van der Waals surface area contributed by atoms with Crippen LogP contribution < -0.4 is 5.56 Å². The van der Waals surface area contributed by atoms with E-state index in [-0.39, 0.29) is 12.2 Å². The van der Waals surface area contributed by atoms with Crippen LogP contribution in [0.1, 0.15) is 30.0 Å². The lowest BCUT2D eigenvalue weighted by molar-refractivity contribution is 0.279. The Balaban J connectivity index is 2.63. The number of nitrogens with zero attached hydrogens (tertiary/aromatic N) is 1. The van der Waals surface area contributed by atoms with Crippen LogP contribution in [-0.4, -0.2) is 9.67 Å². The van der Waals surface area contributed by atoms with E-state index in [4.69, 9.17) is 0 Å². The van der Waals surface area contributed by atoms with Crippen molar-refractivity contribution in [3.05, 3.63) is 57.4 Å². The molecule has 1 N–H and O–H groups in total. The van der Waals surface area contributed by atoms with Gasteiger partial charge in [0, 0.05) is 12.1 Å². The van der Waals surface area contributed by atoms with Crippen molar-refractivity contribution in [3.8, 4) is 11.3 Å². The third-order valence-electron chi connectivity index (χ3n) is 3.67. The van der Waals surface area contributed by atoms with Gasteiger partial charge in [-0.25, -0.2) is 0 Å². The molecule has 0 fully saturated rings. The van der Waals surface area contributed by atoms with E-state index in [0.29, 0.717) is 12.1 Å². The molecule has 0 aliphatic rings. The second-order valence-electron chi connectivity index (χ2n) is 5.16. The molecule has 20 heavy (non-hydrogen) atoms. The molecule has 2 aromatic rings. The van der Waals surface area contributed by atoms with Crippen LogP contribution in [0.4, 0.5) is 0 Å². The summed E-state index contributed by atoms with van der Waals surface area (Å²) in [5, 5.41) is 9.24. The van der Waals surface area contributed by atoms with E-state index in [0.717, 1.165) is 17.7 Å². The van der Waals surface area contributed by atoms with E-state index in [2.05, 4.69) is 26.0 Å². The van der Waals surface area contributed by atoms with Gasteiger partial charge in [0.2, 0.25) is 0 Å². The second kappa shape index (κ2) is 6.06. The van der Waals surface area contributed by atoms with Crippen molar-refractivity contribution < 1.29 is 5.11 Å². The van der Waals surface area contributed by atoms with Crippen LogP contribution in [0, 0.1) is 13.8 Å². The summed E-state index contributed by atoms with van der Waals surface area (Å²) in [5.41, 5.74) is 4.77. The number of hydrogen-bond donors (Lipinski definition) is 1. The van der Waals surface area contributed by atoms with Gasteiger partial charge < -0.3 is 9.67 Å². The number of hydrogen-bond acceptors (Lipinski definition) is 2. The van der Waals surface area contributed by atoms with Gasteiger partial charge in [0.05, 0.1) is 12.3 Å². The van der Waals surface area contributed by atoms with E-state index >= 15 is 0 Å². The zero-order chi connectivity index (χ0) is 14.7. The van der Waals surface area contributed by atoms with E-state index in [1.807, 2.05) is 19.1 Å². The van der Waals surface area contributed by atoms with Crippen LogP contribution in [0.25, 0.3) is 11.3 Å². The van der Waals surface area contributed by atoms with Gasteiger partial charge in [-0.05, 0) is 55.2 Å². The quantitative estimate of drug-likeness (QED) is 0.928. The molecule has 2 rings (SSSR count). The number of aromatic nitrogens is 1. The number of pyridine rings is 1. The standard InChI is InChI=1S/C17H21NO2/c1-4-9-18-16(8-7-15(11-19)17(18)20)14-6-5-12(2)13(3)10-14/h5-8,10,19H,4,9,11H2,1-3H3. The Kier molecular flexibility index (Phi) is 4.40. The molecule has 0 bridgehead atoms. The molecule has 0 atom stereocenters. The average Bonchev–Trinajstić information content (AvgIpc) is 2.44. The van der Waals surface area contributed by atoms with Crippen LogP contribution >= 0.6 is 0 Å². The lowest BCUT2D eigenvalue weighted by atomic mass is 10.0. The fourth-order valence-electron chi connectivity index (χ4n) is 2.34. The van der Waals surface area contributed by atoms with Gasteiger partial charge in [0.15, 0.2) is 0 Å². The van der Waals surface area contributed by atoms with Crippen LogP contribution in [0.3, 0.4) is 0 Å². The monoisotopic (exact) mass is 271 g/mol. The number of aliphatic hydroxyl groups excluding tert-OH is 1. The van der Waals surface area contributed by atoms with Crippen LogP contribution in [-0.2, 0) is 13.2 Å². The van der Waals surface area contributed by atoms with E-state index in [1.165, 1.54) is 11.1 Å². The van der Waals surface area contributed by atoms with Crippen LogP contribution in [0.5, 0.6) is 0 Å². The number of aliphatic hydroxyl groups is 1. The lowest BCUT2D eigenvalue weighted by Crippen LogP contribution is -2.25. The highest BCUT2D eigenvalue weighted by molar-refractivity contribution is 5.61. The van der Waals surface area contributed by atoms with E-state index in [1.54, 1.807) is 10.6 Å². The molecule has 0 saturated heterocycles. The summed E-state index contributed by atoms with van der Waals surface area (Å²) in [4.78, 5) is 12.3. The fourth-order valence-corrected chi connectivity index (χ4v) is 2.34. The Morgan fingerprint density at radius 3 is 2.45 bits per heavy atom. The molecule has 0 spiro atoms. The third kappa shape index (κ3) is 2.68. The molecule has 0 unspecified atom stereocenters. The first-order valence-electron chi connectivity index (χ1n) is 6.99. The number of rotatable bonds is 4. The van der Waals surface area contributed by atoms with Crippen LogP contribution in [0.15, 0.2) is 35.1 Å². The first-order chi connectivity index (χ1) is 9.58. The summed E-state index contributed by atoms with van der Waals surface area (Å²) in [7, 11) is 0. The van der Waals surface area contributed by atoms with Crippen molar-refractivity contribution in [1.82, 2.24) is 4.57 Å². The topological polar surface area (TPSA) is 42.2 Å². The molecule has 106 valence electrons. The van der Waals surface area contributed by atoms with Crippen molar-refractivity contribution in [2.45, 2.75) is 40.3 Å². The first kappa shape index (κ1) is 14.5. The highest BCUT2D eigenvalue weighted by atomic mass is 16.3. The molecule has 0 aliphatic carbocycles.